The number of hydrogen-bond donors (Lipinski definition) is 0. The summed E-state index contributed by atoms with van der Waals surface area (Å²) in [5, 5.41) is 0. The topological polar surface area (TPSA) is 30.8 Å². The monoisotopic (exact) mass is 271 g/mol. The van der Waals surface area contributed by atoms with Crippen LogP contribution >= 0.6 is 15.9 Å². The van der Waals surface area contributed by atoms with Gasteiger partial charge in [0.2, 0.25) is 0 Å². The highest BCUT2D eigenvalue weighted by molar-refractivity contribution is 9.10. The first-order chi connectivity index (χ1) is 7.26. The Bertz CT molecular complexity index is 307. The predicted octanol–water partition coefficient (Wildman–Crippen LogP) is 2.49. The van der Waals surface area contributed by atoms with Gasteiger partial charge in [0.1, 0.15) is 0 Å². The molecule has 0 radical (unpaired) electrons. The average molecular weight is 272 g/mol. The number of benzene rings is 1. The lowest BCUT2D eigenvalue weighted by Gasteiger charge is -2.09. The molecule has 0 bridgehead atoms. The first kappa shape index (κ1) is 12.4. The summed E-state index contributed by atoms with van der Waals surface area (Å²) in [6, 6.07) is 7.93. The van der Waals surface area contributed by atoms with Crippen molar-refractivity contribution >= 4 is 22.1 Å². The van der Waals surface area contributed by atoms with E-state index in [4.69, 9.17) is 9.47 Å². The van der Waals surface area contributed by atoms with Gasteiger partial charge in [0.15, 0.2) is 6.29 Å². The smallest absolute Gasteiger partial charge is 0.176 e. The number of halogens is 1. The molecule has 1 aromatic rings. The van der Waals surface area contributed by atoms with Crippen LogP contribution in [0.5, 0.6) is 0 Å². The summed E-state index contributed by atoms with van der Waals surface area (Å²) in [7, 11) is 3.20. The van der Waals surface area contributed by atoms with Gasteiger partial charge in [-0.25, -0.2) is 0 Å². The van der Waals surface area contributed by atoms with E-state index in [0.29, 0.717) is 6.54 Å². The Morgan fingerprint density at radius 1 is 1.27 bits per heavy atom. The molecule has 3 nitrogen and oxygen atoms in total. The molecule has 0 saturated carbocycles. The Hall–Kier alpha value is -0.710. The van der Waals surface area contributed by atoms with Gasteiger partial charge in [-0.2, -0.15) is 0 Å². The van der Waals surface area contributed by atoms with Crippen LogP contribution in [0.2, 0.25) is 0 Å². The van der Waals surface area contributed by atoms with Gasteiger partial charge >= 0.3 is 0 Å². The molecule has 1 rings (SSSR count). The minimum Gasteiger partial charge on any atom is -0.354 e. The third-order valence-corrected chi connectivity index (χ3v) is 2.42. The van der Waals surface area contributed by atoms with Crippen LogP contribution in [-0.2, 0) is 9.47 Å². The molecule has 0 saturated heterocycles. The fraction of sp³-hybridized carbons (Fsp3) is 0.364. The summed E-state index contributed by atoms with van der Waals surface area (Å²) >= 11 is 3.37. The number of rotatable bonds is 5. The second-order valence-corrected chi connectivity index (χ2v) is 3.86. The zero-order valence-corrected chi connectivity index (χ0v) is 10.4. The van der Waals surface area contributed by atoms with Crippen molar-refractivity contribution in [2.45, 2.75) is 6.29 Å². The minimum absolute atomic E-state index is 0.267. The molecule has 0 fully saturated rings. The Kier molecular flexibility index (Phi) is 5.53. The number of aliphatic imine (C=N–C) groups is 1. The highest BCUT2D eigenvalue weighted by atomic mass is 79.9. The van der Waals surface area contributed by atoms with Crippen LogP contribution in [0.15, 0.2) is 33.7 Å². The van der Waals surface area contributed by atoms with Crippen molar-refractivity contribution in [3.05, 3.63) is 34.3 Å². The third-order valence-electron chi connectivity index (χ3n) is 1.89. The average Bonchev–Trinajstić information content (AvgIpc) is 2.27. The van der Waals surface area contributed by atoms with Crippen molar-refractivity contribution in [1.82, 2.24) is 0 Å². The van der Waals surface area contributed by atoms with Gasteiger partial charge in [0.05, 0.1) is 6.54 Å². The normalized spacial score (nSPS) is 11.5. The van der Waals surface area contributed by atoms with Gasteiger partial charge in [0, 0.05) is 24.9 Å². The second kappa shape index (κ2) is 6.71. The number of hydrogen-bond acceptors (Lipinski definition) is 3. The Labute approximate surface area is 98.2 Å². The van der Waals surface area contributed by atoms with Crippen molar-refractivity contribution in [2.24, 2.45) is 4.99 Å². The molecule has 0 heterocycles. The molecule has 0 amide bonds. The molecule has 82 valence electrons. The number of methoxy groups -OCH3 is 2. The maximum absolute atomic E-state index is 5.01. The van der Waals surface area contributed by atoms with E-state index in [-0.39, 0.29) is 6.29 Å². The zero-order chi connectivity index (χ0) is 11.1. The molecular weight excluding hydrogens is 258 g/mol. The number of ether oxygens (including phenoxy) is 2. The first-order valence-corrected chi connectivity index (χ1v) is 5.36. The molecular formula is C11H14BrNO2. The van der Waals surface area contributed by atoms with Gasteiger partial charge in [0.25, 0.3) is 0 Å². The molecule has 0 aliphatic heterocycles. The Morgan fingerprint density at radius 3 is 2.40 bits per heavy atom. The van der Waals surface area contributed by atoms with Crippen LogP contribution in [0.1, 0.15) is 5.56 Å². The highest BCUT2D eigenvalue weighted by Gasteiger charge is 2.00. The van der Waals surface area contributed by atoms with E-state index in [1.54, 1.807) is 20.4 Å². The highest BCUT2D eigenvalue weighted by Crippen LogP contribution is 2.09. The summed E-state index contributed by atoms with van der Waals surface area (Å²) in [4.78, 5) is 4.22. The molecule has 0 spiro atoms. The molecule has 4 heteroatoms. The van der Waals surface area contributed by atoms with Crippen LogP contribution in [0.3, 0.4) is 0 Å². The van der Waals surface area contributed by atoms with E-state index in [1.165, 1.54) is 0 Å². The third kappa shape index (κ3) is 4.55. The standard InChI is InChI=1S/C11H14BrNO2/c1-14-11(15-2)8-13-7-9-3-5-10(12)6-4-9/h3-7,11H,8H2,1-2H3/b13-7+. The quantitative estimate of drug-likeness (QED) is 0.609. The van der Waals surface area contributed by atoms with E-state index in [0.717, 1.165) is 10.0 Å². The summed E-state index contributed by atoms with van der Waals surface area (Å²) in [6.07, 6.45) is 1.54. The van der Waals surface area contributed by atoms with E-state index >= 15 is 0 Å². The molecule has 0 aliphatic rings. The second-order valence-electron chi connectivity index (χ2n) is 2.95. The van der Waals surface area contributed by atoms with E-state index < -0.39 is 0 Å². The summed E-state index contributed by atoms with van der Waals surface area (Å²) < 4.78 is 11.1. The SMILES string of the molecule is COC(C/N=C/c1ccc(Br)cc1)OC. The summed E-state index contributed by atoms with van der Waals surface area (Å²) in [5.41, 5.74) is 1.06. The van der Waals surface area contributed by atoms with Gasteiger partial charge in [-0.15, -0.1) is 0 Å². The van der Waals surface area contributed by atoms with Gasteiger partial charge in [-0.05, 0) is 17.7 Å². The number of nitrogens with zero attached hydrogens (tertiary/aromatic N) is 1. The van der Waals surface area contributed by atoms with Crippen LogP contribution in [0, 0.1) is 0 Å². The van der Waals surface area contributed by atoms with Gasteiger partial charge in [-0.3, -0.25) is 4.99 Å². The van der Waals surface area contributed by atoms with E-state index in [1.807, 2.05) is 24.3 Å². The molecule has 0 aromatic heterocycles. The van der Waals surface area contributed by atoms with Crippen molar-refractivity contribution in [3.8, 4) is 0 Å². The lowest BCUT2D eigenvalue weighted by molar-refractivity contribution is -0.0936. The van der Waals surface area contributed by atoms with Crippen molar-refractivity contribution in [2.75, 3.05) is 20.8 Å². The molecule has 0 atom stereocenters. The maximum atomic E-state index is 5.01. The van der Waals surface area contributed by atoms with E-state index in [2.05, 4.69) is 20.9 Å². The molecule has 0 N–H and O–H groups in total. The Morgan fingerprint density at radius 2 is 1.87 bits per heavy atom. The first-order valence-electron chi connectivity index (χ1n) is 4.57. The van der Waals surface area contributed by atoms with E-state index in [9.17, 15) is 0 Å². The largest absolute Gasteiger partial charge is 0.354 e. The lowest BCUT2D eigenvalue weighted by Crippen LogP contribution is -2.16. The molecule has 15 heavy (non-hydrogen) atoms. The van der Waals surface area contributed by atoms with Crippen molar-refractivity contribution in [3.63, 3.8) is 0 Å². The van der Waals surface area contributed by atoms with Gasteiger partial charge < -0.3 is 9.47 Å². The zero-order valence-electron chi connectivity index (χ0n) is 8.81. The summed E-state index contributed by atoms with van der Waals surface area (Å²) in [5.74, 6) is 0. The molecule has 1 aromatic carbocycles. The van der Waals surface area contributed by atoms with Crippen molar-refractivity contribution in [1.29, 1.82) is 0 Å². The maximum Gasteiger partial charge on any atom is 0.176 e. The predicted molar refractivity (Wildman–Crippen MR) is 64.4 cm³/mol. The fourth-order valence-electron chi connectivity index (χ4n) is 1.04. The summed E-state index contributed by atoms with van der Waals surface area (Å²) in [6.45, 7) is 0.503. The van der Waals surface area contributed by atoms with Crippen LogP contribution in [-0.4, -0.2) is 33.3 Å². The van der Waals surface area contributed by atoms with Crippen molar-refractivity contribution < 1.29 is 9.47 Å². The minimum atomic E-state index is -0.267. The van der Waals surface area contributed by atoms with Crippen LogP contribution < -0.4 is 0 Å². The molecule has 0 unspecified atom stereocenters. The van der Waals surface area contributed by atoms with Gasteiger partial charge in [-0.1, -0.05) is 28.1 Å². The lowest BCUT2D eigenvalue weighted by atomic mass is 10.2. The Balaban J connectivity index is 2.47. The fourth-order valence-corrected chi connectivity index (χ4v) is 1.30. The molecule has 0 aliphatic carbocycles. The van der Waals surface area contributed by atoms with Crippen LogP contribution in [0.25, 0.3) is 0 Å². The van der Waals surface area contributed by atoms with Crippen LogP contribution in [0.4, 0.5) is 0 Å².